The van der Waals surface area contributed by atoms with E-state index in [1.165, 1.54) is 20.4 Å². The van der Waals surface area contributed by atoms with Crippen molar-refractivity contribution < 1.29 is 23.8 Å². The van der Waals surface area contributed by atoms with Crippen LogP contribution < -0.4 is 20.1 Å². The second-order valence-corrected chi connectivity index (χ2v) is 4.72. The topological polar surface area (TPSA) is 117 Å². The van der Waals surface area contributed by atoms with E-state index >= 15 is 0 Å². The highest BCUT2D eigenvalue weighted by molar-refractivity contribution is 5.90. The van der Waals surface area contributed by atoms with Gasteiger partial charge in [-0.1, -0.05) is 0 Å². The Morgan fingerprint density at radius 1 is 1.16 bits per heavy atom. The van der Waals surface area contributed by atoms with Crippen LogP contribution in [0.25, 0.3) is 0 Å². The number of rotatable bonds is 7. The van der Waals surface area contributed by atoms with Crippen molar-refractivity contribution in [3.05, 3.63) is 24.4 Å². The predicted octanol–water partition coefficient (Wildman–Crippen LogP) is 1.50. The van der Waals surface area contributed by atoms with Gasteiger partial charge >= 0.3 is 6.09 Å². The molecule has 2 aromatic rings. The summed E-state index contributed by atoms with van der Waals surface area (Å²) in [6.45, 7) is 1.81. The Morgan fingerprint density at radius 3 is 2.60 bits per heavy atom. The Bertz CT molecular complexity index is 746. The molecule has 0 unspecified atom stereocenters. The third-order valence-corrected chi connectivity index (χ3v) is 2.99. The maximum atomic E-state index is 12.1. The quantitative estimate of drug-likeness (QED) is 0.778. The molecule has 10 heteroatoms. The summed E-state index contributed by atoms with van der Waals surface area (Å²) < 4.78 is 15.0. The van der Waals surface area contributed by atoms with E-state index in [-0.39, 0.29) is 24.9 Å². The Kier molecular flexibility index (Phi) is 6.15. The first-order valence-corrected chi connectivity index (χ1v) is 7.41. The number of carbonyl (C=O) groups excluding carboxylic acids is 2. The van der Waals surface area contributed by atoms with Crippen LogP contribution in [0.5, 0.6) is 11.5 Å². The molecule has 25 heavy (non-hydrogen) atoms. The minimum atomic E-state index is -0.635. The number of benzene rings is 1. The average Bonchev–Trinajstić information content (AvgIpc) is 3.01. The zero-order valence-electron chi connectivity index (χ0n) is 14.1. The largest absolute Gasteiger partial charge is 0.493 e. The predicted molar refractivity (Wildman–Crippen MR) is 88.8 cm³/mol. The first-order valence-electron chi connectivity index (χ1n) is 7.41. The molecule has 2 rings (SSSR count). The highest BCUT2D eigenvalue weighted by Crippen LogP contribution is 2.29. The summed E-state index contributed by atoms with van der Waals surface area (Å²) in [6.07, 6.45) is 0.685. The van der Waals surface area contributed by atoms with Crippen LogP contribution in [0.4, 0.5) is 16.3 Å². The summed E-state index contributed by atoms with van der Waals surface area (Å²) in [4.78, 5) is 24.5. The van der Waals surface area contributed by atoms with Gasteiger partial charge in [0.1, 0.15) is 6.54 Å². The number of carbonyl (C=O) groups is 2. The number of nitrogens with zero attached hydrogens (tertiary/aromatic N) is 3. The van der Waals surface area contributed by atoms with Crippen molar-refractivity contribution in [2.24, 2.45) is 0 Å². The SMILES string of the molecule is CCOC(=O)Nc1cnn(CC(=O)Nc2ccc(OC)c(OC)c2)n1. The van der Waals surface area contributed by atoms with Gasteiger partial charge < -0.3 is 19.5 Å². The summed E-state index contributed by atoms with van der Waals surface area (Å²) in [6, 6.07) is 5.01. The second-order valence-electron chi connectivity index (χ2n) is 4.72. The van der Waals surface area contributed by atoms with E-state index in [1.54, 1.807) is 25.1 Å². The van der Waals surface area contributed by atoms with Gasteiger partial charge in [0.25, 0.3) is 0 Å². The number of ether oxygens (including phenoxy) is 3. The molecule has 0 fully saturated rings. The maximum absolute atomic E-state index is 12.1. The van der Waals surface area contributed by atoms with Crippen LogP contribution in [0.2, 0.25) is 0 Å². The van der Waals surface area contributed by atoms with Crippen LogP contribution >= 0.6 is 0 Å². The molecular weight excluding hydrogens is 330 g/mol. The Morgan fingerprint density at radius 2 is 1.92 bits per heavy atom. The molecule has 2 amide bonds. The normalized spacial score (nSPS) is 10.0. The maximum Gasteiger partial charge on any atom is 0.412 e. The van der Waals surface area contributed by atoms with Crippen LogP contribution in [0, 0.1) is 0 Å². The Labute approximate surface area is 144 Å². The van der Waals surface area contributed by atoms with Gasteiger partial charge in [0, 0.05) is 11.8 Å². The van der Waals surface area contributed by atoms with E-state index < -0.39 is 6.09 Å². The van der Waals surface area contributed by atoms with Crippen LogP contribution in [-0.2, 0) is 16.1 Å². The summed E-state index contributed by atoms with van der Waals surface area (Å²) >= 11 is 0. The third-order valence-electron chi connectivity index (χ3n) is 2.99. The fraction of sp³-hybridized carbons (Fsp3) is 0.333. The molecule has 1 aromatic heterocycles. The number of amides is 2. The van der Waals surface area contributed by atoms with E-state index in [9.17, 15) is 9.59 Å². The zero-order chi connectivity index (χ0) is 18.2. The fourth-order valence-electron chi connectivity index (χ4n) is 1.95. The van der Waals surface area contributed by atoms with E-state index in [4.69, 9.17) is 14.2 Å². The summed E-state index contributed by atoms with van der Waals surface area (Å²) in [5.41, 5.74) is 0.541. The van der Waals surface area contributed by atoms with E-state index in [0.717, 1.165) is 4.80 Å². The standard InChI is InChI=1S/C15H19N5O5/c1-4-25-15(22)18-13-8-16-20(19-13)9-14(21)17-10-5-6-11(23-2)12(7-10)24-3/h5-8H,4,9H2,1-3H3,(H,17,21)(H,18,19,22). The minimum Gasteiger partial charge on any atom is -0.493 e. The summed E-state index contributed by atoms with van der Waals surface area (Å²) in [5, 5.41) is 13.0. The van der Waals surface area contributed by atoms with Gasteiger partial charge in [-0.15, -0.1) is 5.10 Å². The molecule has 2 N–H and O–H groups in total. The fourth-order valence-corrected chi connectivity index (χ4v) is 1.95. The van der Waals surface area contributed by atoms with Crippen molar-refractivity contribution in [2.75, 3.05) is 31.5 Å². The zero-order valence-corrected chi connectivity index (χ0v) is 14.1. The van der Waals surface area contributed by atoms with Gasteiger partial charge in [-0.25, -0.2) is 4.79 Å². The number of nitrogens with one attached hydrogen (secondary N) is 2. The van der Waals surface area contributed by atoms with Crippen LogP contribution in [0.15, 0.2) is 24.4 Å². The molecule has 134 valence electrons. The number of hydrogen-bond acceptors (Lipinski definition) is 7. The summed E-state index contributed by atoms with van der Waals surface area (Å²) in [7, 11) is 3.04. The lowest BCUT2D eigenvalue weighted by molar-refractivity contribution is -0.117. The van der Waals surface area contributed by atoms with Crippen molar-refractivity contribution in [3.63, 3.8) is 0 Å². The van der Waals surface area contributed by atoms with Crippen molar-refractivity contribution in [2.45, 2.75) is 13.5 Å². The minimum absolute atomic E-state index is 0.126. The molecule has 0 saturated carbocycles. The number of aromatic nitrogens is 3. The van der Waals surface area contributed by atoms with Crippen molar-refractivity contribution in [3.8, 4) is 11.5 Å². The highest BCUT2D eigenvalue weighted by atomic mass is 16.5. The van der Waals surface area contributed by atoms with Crippen molar-refractivity contribution >= 4 is 23.5 Å². The number of anilines is 2. The lowest BCUT2D eigenvalue weighted by Gasteiger charge is -2.10. The van der Waals surface area contributed by atoms with Crippen molar-refractivity contribution in [1.82, 2.24) is 15.0 Å². The van der Waals surface area contributed by atoms with E-state index in [2.05, 4.69) is 20.8 Å². The van der Waals surface area contributed by atoms with E-state index in [0.29, 0.717) is 17.2 Å². The molecule has 0 aliphatic rings. The molecule has 0 aliphatic heterocycles. The van der Waals surface area contributed by atoms with Gasteiger partial charge in [0.05, 0.1) is 27.0 Å². The van der Waals surface area contributed by atoms with Gasteiger partial charge in [-0.05, 0) is 19.1 Å². The van der Waals surface area contributed by atoms with Crippen molar-refractivity contribution in [1.29, 1.82) is 0 Å². The summed E-state index contributed by atoms with van der Waals surface area (Å²) in [5.74, 6) is 0.908. The molecule has 0 atom stereocenters. The first kappa shape index (κ1) is 18.0. The molecular formula is C15H19N5O5. The Balaban J connectivity index is 1.94. The van der Waals surface area contributed by atoms with Gasteiger partial charge in [0.2, 0.25) is 5.91 Å². The van der Waals surface area contributed by atoms with Gasteiger partial charge in [0.15, 0.2) is 17.3 Å². The van der Waals surface area contributed by atoms with E-state index in [1.807, 2.05) is 0 Å². The molecule has 1 heterocycles. The Hall–Kier alpha value is -3.30. The van der Waals surface area contributed by atoms with Crippen LogP contribution in [0.3, 0.4) is 0 Å². The van der Waals surface area contributed by atoms with Gasteiger partial charge in [-0.3, -0.25) is 10.1 Å². The number of methoxy groups -OCH3 is 2. The molecule has 0 spiro atoms. The molecule has 0 saturated heterocycles. The van der Waals surface area contributed by atoms with Gasteiger partial charge in [-0.2, -0.15) is 9.90 Å². The molecule has 1 aromatic carbocycles. The first-order chi connectivity index (χ1) is 12.0. The molecule has 0 aliphatic carbocycles. The monoisotopic (exact) mass is 349 g/mol. The highest BCUT2D eigenvalue weighted by Gasteiger charge is 2.11. The number of hydrogen-bond donors (Lipinski definition) is 2. The lowest BCUT2D eigenvalue weighted by Crippen LogP contribution is -2.20. The lowest BCUT2D eigenvalue weighted by atomic mass is 10.2. The molecule has 0 bridgehead atoms. The second kappa shape index (κ2) is 8.52. The average molecular weight is 349 g/mol. The smallest absolute Gasteiger partial charge is 0.412 e. The molecule has 10 nitrogen and oxygen atoms in total. The van der Waals surface area contributed by atoms with Crippen LogP contribution in [-0.4, -0.2) is 47.8 Å². The van der Waals surface area contributed by atoms with Crippen LogP contribution in [0.1, 0.15) is 6.92 Å². The third kappa shape index (κ3) is 5.09. The molecule has 0 radical (unpaired) electrons.